The van der Waals surface area contributed by atoms with E-state index in [9.17, 15) is 9.00 Å². The molecule has 0 saturated carbocycles. The Morgan fingerprint density at radius 2 is 2.18 bits per heavy atom. The lowest BCUT2D eigenvalue weighted by Gasteiger charge is -2.23. The highest BCUT2D eigenvalue weighted by Gasteiger charge is 2.19. The van der Waals surface area contributed by atoms with E-state index < -0.39 is 16.7 Å². The second-order valence-electron chi connectivity index (χ2n) is 4.03. The van der Waals surface area contributed by atoms with E-state index >= 15 is 0 Å². The van der Waals surface area contributed by atoms with Gasteiger partial charge in [-0.3, -0.25) is 9.00 Å². The molecule has 1 saturated heterocycles. The Hall–Kier alpha value is -1.43. The average Bonchev–Trinajstić information content (AvgIpc) is 2.32. The minimum absolute atomic E-state index is 0.223. The van der Waals surface area contributed by atoms with Crippen molar-refractivity contribution >= 4 is 22.5 Å². The van der Waals surface area contributed by atoms with E-state index in [-0.39, 0.29) is 6.04 Å². The summed E-state index contributed by atoms with van der Waals surface area (Å²) in [6.07, 6.45) is 3.29. The van der Waals surface area contributed by atoms with Crippen molar-refractivity contribution in [2.24, 2.45) is 5.73 Å². The summed E-state index contributed by atoms with van der Waals surface area (Å²) in [5, 5.41) is 3.20. The highest BCUT2D eigenvalue weighted by atomic mass is 32.2. The van der Waals surface area contributed by atoms with Gasteiger partial charge in [-0.25, -0.2) is 4.98 Å². The van der Waals surface area contributed by atoms with Crippen LogP contribution in [0.4, 0.5) is 5.82 Å². The number of hydrogen-bond acceptors (Lipinski definition) is 4. The highest BCUT2D eigenvalue weighted by molar-refractivity contribution is 7.85. The topological polar surface area (TPSA) is 85.1 Å². The molecule has 0 aromatic carbocycles. The average molecular weight is 253 g/mol. The third-order valence-corrected chi connectivity index (χ3v) is 4.18. The van der Waals surface area contributed by atoms with Gasteiger partial charge in [-0.2, -0.15) is 0 Å². The first kappa shape index (κ1) is 12.0. The second-order valence-corrected chi connectivity index (χ2v) is 5.73. The molecule has 1 aliphatic rings. The Kier molecular flexibility index (Phi) is 3.73. The third-order valence-electron chi connectivity index (χ3n) is 2.80. The minimum atomic E-state index is -0.685. The van der Waals surface area contributed by atoms with Crippen LogP contribution in [0.25, 0.3) is 0 Å². The quantitative estimate of drug-likeness (QED) is 0.821. The fraction of sp³-hybridized carbons (Fsp3) is 0.455. The van der Waals surface area contributed by atoms with Crippen molar-refractivity contribution in [2.45, 2.75) is 18.9 Å². The van der Waals surface area contributed by atoms with Crippen molar-refractivity contribution in [1.82, 2.24) is 4.98 Å². The van der Waals surface area contributed by atoms with Gasteiger partial charge >= 0.3 is 0 Å². The smallest absolute Gasteiger partial charge is 0.252 e. The summed E-state index contributed by atoms with van der Waals surface area (Å²) in [7, 11) is -0.685. The predicted molar refractivity (Wildman–Crippen MR) is 67.3 cm³/mol. The summed E-state index contributed by atoms with van der Waals surface area (Å²) < 4.78 is 11.2. The SMILES string of the molecule is NC(=O)c1cccnc1NC1CCS(=O)CC1. The fourth-order valence-corrected chi connectivity index (χ4v) is 3.15. The maximum absolute atomic E-state index is 11.2. The van der Waals surface area contributed by atoms with Crippen LogP contribution in [0.2, 0.25) is 0 Å². The van der Waals surface area contributed by atoms with E-state index in [1.807, 2.05) is 0 Å². The second kappa shape index (κ2) is 5.27. The summed E-state index contributed by atoms with van der Waals surface area (Å²) in [6.45, 7) is 0. The van der Waals surface area contributed by atoms with Crippen molar-refractivity contribution in [1.29, 1.82) is 0 Å². The largest absolute Gasteiger partial charge is 0.367 e. The van der Waals surface area contributed by atoms with Gasteiger partial charge in [0.15, 0.2) is 0 Å². The zero-order chi connectivity index (χ0) is 12.3. The number of carbonyl (C=O) groups is 1. The maximum Gasteiger partial charge on any atom is 0.252 e. The van der Waals surface area contributed by atoms with Crippen LogP contribution >= 0.6 is 0 Å². The summed E-state index contributed by atoms with van der Waals surface area (Å²) >= 11 is 0. The minimum Gasteiger partial charge on any atom is -0.367 e. The van der Waals surface area contributed by atoms with Gasteiger partial charge in [0.25, 0.3) is 5.91 Å². The first-order chi connectivity index (χ1) is 8.16. The Morgan fingerprint density at radius 3 is 2.82 bits per heavy atom. The third kappa shape index (κ3) is 3.03. The Bertz CT molecular complexity index is 440. The summed E-state index contributed by atoms with van der Waals surface area (Å²) in [5.41, 5.74) is 5.68. The van der Waals surface area contributed by atoms with E-state index in [0.29, 0.717) is 22.9 Å². The van der Waals surface area contributed by atoms with Gasteiger partial charge in [-0.05, 0) is 25.0 Å². The number of aromatic nitrogens is 1. The first-order valence-electron chi connectivity index (χ1n) is 5.53. The standard InChI is InChI=1S/C11H15N3O2S/c12-10(15)9-2-1-5-13-11(9)14-8-3-6-17(16)7-4-8/h1-2,5,8H,3-4,6-7H2,(H2,12,15)(H,13,14). The molecule has 2 rings (SSSR count). The Labute approximate surface area is 102 Å². The van der Waals surface area contributed by atoms with Crippen LogP contribution in [0.1, 0.15) is 23.2 Å². The molecule has 0 bridgehead atoms. The molecule has 5 nitrogen and oxygen atoms in total. The number of nitrogens with one attached hydrogen (secondary N) is 1. The summed E-state index contributed by atoms with van der Waals surface area (Å²) in [4.78, 5) is 15.3. The molecule has 0 spiro atoms. The van der Waals surface area contributed by atoms with Crippen molar-refractivity contribution in [3.63, 3.8) is 0 Å². The van der Waals surface area contributed by atoms with Crippen molar-refractivity contribution in [2.75, 3.05) is 16.8 Å². The molecular weight excluding hydrogens is 238 g/mol. The predicted octanol–water partition coefficient (Wildman–Crippen LogP) is 0.503. The monoisotopic (exact) mass is 253 g/mol. The molecule has 0 aliphatic carbocycles. The molecule has 1 amide bonds. The molecule has 0 radical (unpaired) electrons. The number of carbonyl (C=O) groups excluding carboxylic acids is 1. The first-order valence-corrected chi connectivity index (χ1v) is 7.02. The lowest BCUT2D eigenvalue weighted by atomic mass is 10.1. The molecule has 2 heterocycles. The van der Waals surface area contributed by atoms with Crippen LogP contribution < -0.4 is 11.1 Å². The number of anilines is 1. The summed E-state index contributed by atoms with van der Waals surface area (Å²) in [5.74, 6) is 1.45. The van der Waals surface area contributed by atoms with Crippen LogP contribution in [-0.2, 0) is 10.8 Å². The van der Waals surface area contributed by atoms with E-state index in [4.69, 9.17) is 5.73 Å². The van der Waals surface area contributed by atoms with Gasteiger partial charge in [0.05, 0.1) is 5.56 Å². The van der Waals surface area contributed by atoms with E-state index in [0.717, 1.165) is 12.8 Å². The lowest BCUT2D eigenvalue weighted by molar-refractivity contribution is 0.100. The normalized spacial score (nSPS) is 24.2. The van der Waals surface area contributed by atoms with E-state index in [2.05, 4.69) is 10.3 Å². The van der Waals surface area contributed by atoms with Crippen LogP contribution in [0.3, 0.4) is 0 Å². The molecule has 0 atom stereocenters. The zero-order valence-corrected chi connectivity index (χ0v) is 10.2. The van der Waals surface area contributed by atoms with E-state index in [1.54, 1.807) is 18.3 Å². The number of rotatable bonds is 3. The molecule has 1 fully saturated rings. The number of primary amides is 1. The fourth-order valence-electron chi connectivity index (χ4n) is 1.85. The molecule has 17 heavy (non-hydrogen) atoms. The van der Waals surface area contributed by atoms with Crippen molar-refractivity contribution in [3.05, 3.63) is 23.9 Å². The molecule has 6 heteroatoms. The number of nitrogens with two attached hydrogens (primary N) is 1. The molecule has 1 aromatic rings. The van der Waals surface area contributed by atoms with Crippen LogP contribution in [0.15, 0.2) is 18.3 Å². The molecule has 0 unspecified atom stereocenters. The van der Waals surface area contributed by atoms with E-state index in [1.165, 1.54) is 0 Å². The molecule has 3 N–H and O–H groups in total. The molecule has 92 valence electrons. The van der Waals surface area contributed by atoms with Crippen molar-refractivity contribution < 1.29 is 9.00 Å². The number of pyridine rings is 1. The van der Waals surface area contributed by atoms with Crippen molar-refractivity contribution in [3.8, 4) is 0 Å². The number of nitrogens with zero attached hydrogens (tertiary/aromatic N) is 1. The molecule has 1 aromatic heterocycles. The number of amides is 1. The van der Waals surface area contributed by atoms with Crippen LogP contribution in [-0.4, -0.2) is 32.6 Å². The van der Waals surface area contributed by atoms with Crippen LogP contribution in [0.5, 0.6) is 0 Å². The molecular formula is C11H15N3O2S. The lowest BCUT2D eigenvalue weighted by Crippen LogP contribution is -2.30. The van der Waals surface area contributed by atoms with Gasteiger partial charge in [0.1, 0.15) is 5.82 Å². The zero-order valence-electron chi connectivity index (χ0n) is 9.39. The summed E-state index contributed by atoms with van der Waals surface area (Å²) in [6, 6.07) is 3.56. The Morgan fingerprint density at radius 1 is 1.47 bits per heavy atom. The highest BCUT2D eigenvalue weighted by Crippen LogP contribution is 2.17. The van der Waals surface area contributed by atoms with Gasteiger partial charge in [0, 0.05) is 34.5 Å². The molecule has 1 aliphatic heterocycles. The van der Waals surface area contributed by atoms with Gasteiger partial charge in [0.2, 0.25) is 0 Å². The maximum atomic E-state index is 11.2. The van der Waals surface area contributed by atoms with Crippen LogP contribution in [0, 0.1) is 0 Å². The number of hydrogen-bond donors (Lipinski definition) is 2. The van der Waals surface area contributed by atoms with Gasteiger partial charge in [-0.15, -0.1) is 0 Å². The Balaban J connectivity index is 2.08. The van der Waals surface area contributed by atoms with Gasteiger partial charge < -0.3 is 11.1 Å². The van der Waals surface area contributed by atoms with Gasteiger partial charge in [-0.1, -0.05) is 0 Å².